The topological polar surface area (TPSA) is 69.6 Å². The normalized spacial score (nSPS) is 20.3. The van der Waals surface area contributed by atoms with Gasteiger partial charge >= 0.3 is 5.97 Å². The summed E-state index contributed by atoms with van der Waals surface area (Å²) in [5, 5.41) is 12.6. The summed E-state index contributed by atoms with van der Waals surface area (Å²) >= 11 is 5.99. The average Bonchev–Trinajstić information content (AvgIpc) is 2.42. The van der Waals surface area contributed by atoms with E-state index in [1.54, 1.807) is 11.0 Å². The SMILES string of the molecule is C[C@]1(C(=O)N(CCCC(=O)O)Cc2cccc(Cl)c2)CCN1. The summed E-state index contributed by atoms with van der Waals surface area (Å²) in [7, 11) is 0. The highest BCUT2D eigenvalue weighted by Crippen LogP contribution is 2.23. The first-order chi connectivity index (χ1) is 10.4. The predicted octanol–water partition coefficient (Wildman–Crippen LogP) is 2.29. The standard InChI is InChI=1S/C16H21ClN2O3/c1-16(7-8-18-16)15(22)19(9-3-6-14(20)21)11-12-4-2-5-13(17)10-12/h2,4-5,10,18H,3,6-9,11H2,1H3,(H,20,21)/t16-/m1/s1. The smallest absolute Gasteiger partial charge is 0.303 e. The van der Waals surface area contributed by atoms with Gasteiger partial charge in [0, 0.05) is 24.5 Å². The van der Waals surface area contributed by atoms with Gasteiger partial charge < -0.3 is 15.3 Å². The van der Waals surface area contributed by atoms with Crippen LogP contribution in [0.3, 0.4) is 0 Å². The number of amides is 1. The number of nitrogens with one attached hydrogen (secondary N) is 1. The van der Waals surface area contributed by atoms with Crippen molar-refractivity contribution in [2.45, 2.75) is 38.3 Å². The van der Waals surface area contributed by atoms with Crippen molar-refractivity contribution in [1.29, 1.82) is 0 Å². The third-order valence-electron chi connectivity index (χ3n) is 3.98. The van der Waals surface area contributed by atoms with Crippen LogP contribution in [0.1, 0.15) is 31.7 Å². The Morgan fingerprint density at radius 1 is 1.45 bits per heavy atom. The molecule has 2 rings (SSSR count). The van der Waals surface area contributed by atoms with Crippen molar-refractivity contribution in [2.24, 2.45) is 0 Å². The number of aliphatic carboxylic acids is 1. The Kier molecular flexibility index (Phi) is 5.42. The summed E-state index contributed by atoms with van der Waals surface area (Å²) in [5.41, 5.74) is 0.418. The molecule has 1 aliphatic rings. The summed E-state index contributed by atoms with van der Waals surface area (Å²) < 4.78 is 0. The van der Waals surface area contributed by atoms with E-state index in [0.717, 1.165) is 18.5 Å². The van der Waals surface area contributed by atoms with E-state index < -0.39 is 11.5 Å². The quantitative estimate of drug-likeness (QED) is 0.807. The van der Waals surface area contributed by atoms with Crippen molar-refractivity contribution in [3.05, 3.63) is 34.9 Å². The van der Waals surface area contributed by atoms with Crippen molar-refractivity contribution in [3.63, 3.8) is 0 Å². The number of halogens is 1. The number of rotatable bonds is 7. The van der Waals surface area contributed by atoms with Gasteiger partial charge in [-0.3, -0.25) is 9.59 Å². The molecule has 0 bridgehead atoms. The molecule has 0 radical (unpaired) electrons. The first kappa shape index (κ1) is 16.8. The third-order valence-corrected chi connectivity index (χ3v) is 4.22. The molecule has 1 atom stereocenters. The van der Waals surface area contributed by atoms with Gasteiger partial charge in [0.2, 0.25) is 5.91 Å². The van der Waals surface area contributed by atoms with E-state index in [1.807, 2.05) is 25.1 Å². The van der Waals surface area contributed by atoms with Crippen LogP contribution < -0.4 is 5.32 Å². The molecule has 120 valence electrons. The van der Waals surface area contributed by atoms with Crippen LogP contribution in [0.2, 0.25) is 5.02 Å². The fraction of sp³-hybridized carbons (Fsp3) is 0.500. The van der Waals surface area contributed by atoms with Crippen molar-refractivity contribution in [3.8, 4) is 0 Å². The lowest BCUT2D eigenvalue weighted by molar-refractivity contribution is -0.142. The number of carbonyl (C=O) groups is 2. The summed E-state index contributed by atoms with van der Waals surface area (Å²) in [6, 6.07) is 7.38. The number of benzene rings is 1. The predicted molar refractivity (Wildman–Crippen MR) is 84.8 cm³/mol. The van der Waals surface area contributed by atoms with Crippen LogP contribution in [0.25, 0.3) is 0 Å². The molecule has 0 aliphatic carbocycles. The zero-order valence-corrected chi connectivity index (χ0v) is 13.4. The Labute approximate surface area is 135 Å². The van der Waals surface area contributed by atoms with Crippen LogP contribution in [0.5, 0.6) is 0 Å². The minimum absolute atomic E-state index is 0.0177. The maximum Gasteiger partial charge on any atom is 0.303 e. The van der Waals surface area contributed by atoms with Gasteiger partial charge in [-0.15, -0.1) is 0 Å². The molecule has 1 aliphatic heterocycles. The second-order valence-corrected chi connectivity index (χ2v) is 6.30. The molecule has 6 heteroatoms. The van der Waals surface area contributed by atoms with Gasteiger partial charge in [0.15, 0.2) is 0 Å². The van der Waals surface area contributed by atoms with E-state index in [4.69, 9.17) is 16.7 Å². The van der Waals surface area contributed by atoms with E-state index in [9.17, 15) is 9.59 Å². The molecule has 2 N–H and O–H groups in total. The molecule has 1 saturated heterocycles. The van der Waals surface area contributed by atoms with Crippen LogP contribution >= 0.6 is 11.6 Å². The van der Waals surface area contributed by atoms with Crippen LogP contribution in [-0.4, -0.2) is 40.5 Å². The molecule has 5 nitrogen and oxygen atoms in total. The van der Waals surface area contributed by atoms with E-state index in [0.29, 0.717) is 24.5 Å². The molecule has 0 unspecified atom stereocenters. The molecule has 1 fully saturated rings. The van der Waals surface area contributed by atoms with E-state index in [1.165, 1.54) is 0 Å². The maximum absolute atomic E-state index is 12.7. The van der Waals surface area contributed by atoms with Gasteiger partial charge in [0.1, 0.15) is 0 Å². The highest BCUT2D eigenvalue weighted by molar-refractivity contribution is 6.30. The van der Waals surface area contributed by atoms with Gasteiger partial charge in [-0.2, -0.15) is 0 Å². The van der Waals surface area contributed by atoms with Crippen LogP contribution in [0.15, 0.2) is 24.3 Å². The van der Waals surface area contributed by atoms with Crippen LogP contribution in [-0.2, 0) is 16.1 Å². The second kappa shape index (κ2) is 7.11. The van der Waals surface area contributed by atoms with Crippen molar-refractivity contribution < 1.29 is 14.7 Å². The number of carboxylic acid groups (broad SMARTS) is 1. The van der Waals surface area contributed by atoms with Gasteiger partial charge in [-0.1, -0.05) is 23.7 Å². The van der Waals surface area contributed by atoms with Gasteiger partial charge in [-0.25, -0.2) is 0 Å². The zero-order valence-electron chi connectivity index (χ0n) is 12.6. The first-order valence-electron chi connectivity index (χ1n) is 7.41. The Balaban J connectivity index is 2.06. The summed E-state index contributed by atoms with van der Waals surface area (Å²) in [5.74, 6) is -0.827. The first-order valence-corrected chi connectivity index (χ1v) is 7.79. The Morgan fingerprint density at radius 3 is 2.73 bits per heavy atom. The van der Waals surface area contributed by atoms with Crippen LogP contribution in [0.4, 0.5) is 0 Å². The maximum atomic E-state index is 12.7. The molecular formula is C16H21ClN2O3. The summed E-state index contributed by atoms with van der Waals surface area (Å²) in [6.45, 7) is 3.59. The Morgan fingerprint density at radius 2 is 2.18 bits per heavy atom. The Hall–Kier alpha value is -1.59. The molecule has 1 heterocycles. The Bertz CT molecular complexity index is 558. The lowest BCUT2D eigenvalue weighted by Crippen LogP contribution is -2.64. The lowest BCUT2D eigenvalue weighted by atomic mass is 9.88. The fourth-order valence-corrected chi connectivity index (χ4v) is 2.77. The van der Waals surface area contributed by atoms with Gasteiger partial charge in [-0.05, 0) is 44.0 Å². The monoisotopic (exact) mass is 324 g/mol. The second-order valence-electron chi connectivity index (χ2n) is 5.86. The number of nitrogens with zero attached hydrogens (tertiary/aromatic N) is 1. The summed E-state index contributed by atoms with van der Waals surface area (Å²) in [4.78, 5) is 25.1. The molecule has 0 aromatic heterocycles. The van der Waals surface area contributed by atoms with Gasteiger partial charge in [0.05, 0.1) is 5.54 Å². The van der Waals surface area contributed by atoms with Crippen molar-refractivity contribution in [1.82, 2.24) is 10.2 Å². The van der Waals surface area contributed by atoms with E-state index in [-0.39, 0.29) is 12.3 Å². The largest absolute Gasteiger partial charge is 0.481 e. The van der Waals surface area contributed by atoms with E-state index >= 15 is 0 Å². The molecule has 0 spiro atoms. The lowest BCUT2D eigenvalue weighted by Gasteiger charge is -2.42. The number of hydrogen-bond acceptors (Lipinski definition) is 3. The highest BCUT2D eigenvalue weighted by Gasteiger charge is 2.41. The number of carboxylic acids is 1. The molecule has 1 amide bonds. The molecule has 0 saturated carbocycles. The van der Waals surface area contributed by atoms with Crippen molar-refractivity contribution in [2.75, 3.05) is 13.1 Å². The minimum atomic E-state index is -0.844. The zero-order chi connectivity index (χ0) is 16.2. The van der Waals surface area contributed by atoms with Crippen LogP contribution in [0, 0.1) is 0 Å². The molecule has 22 heavy (non-hydrogen) atoms. The minimum Gasteiger partial charge on any atom is -0.481 e. The number of hydrogen-bond donors (Lipinski definition) is 2. The van der Waals surface area contributed by atoms with E-state index in [2.05, 4.69) is 5.32 Å². The third kappa shape index (κ3) is 4.21. The molecule has 1 aromatic rings. The van der Waals surface area contributed by atoms with Crippen molar-refractivity contribution >= 4 is 23.5 Å². The average molecular weight is 325 g/mol. The summed E-state index contributed by atoms with van der Waals surface area (Å²) in [6.07, 6.45) is 1.30. The molecule has 1 aromatic carbocycles. The number of carbonyl (C=O) groups excluding carboxylic acids is 1. The fourth-order valence-electron chi connectivity index (χ4n) is 2.56. The molecular weight excluding hydrogens is 304 g/mol. The highest BCUT2D eigenvalue weighted by atomic mass is 35.5. The van der Waals surface area contributed by atoms with Gasteiger partial charge in [0.25, 0.3) is 0 Å².